The van der Waals surface area contributed by atoms with Crippen LogP contribution in [-0.2, 0) is 28.5 Å². The van der Waals surface area contributed by atoms with Gasteiger partial charge in [0.1, 0.15) is 17.3 Å². The van der Waals surface area contributed by atoms with Crippen LogP contribution in [0.1, 0.15) is 66.7 Å². The van der Waals surface area contributed by atoms with Crippen LogP contribution in [0.3, 0.4) is 0 Å². The van der Waals surface area contributed by atoms with Crippen molar-refractivity contribution in [3.8, 4) is 0 Å². The smallest absolute Gasteiger partial charge is 0.341 e. The van der Waals surface area contributed by atoms with Gasteiger partial charge in [0.25, 0.3) is 0 Å². The van der Waals surface area contributed by atoms with E-state index in [-0.39, 0.29) is 42.0 Å². The highest BCUT2D eigenvalue weighted by molar-refractivity contribution is 5.97. The molecule has 4 heterocycles. The molecule has 0 aromatic heterocycles. The topological polar surface area (TPSA) is 118 Å². The summed E-state index contributed by atoms with van der Waals surface area (Å²) in [6, 6.07) is 0. The highest BCUT2D eigenvalue weighted by Gasteiger charge is 2.86. The summed E-state index contributed by atoms with van der Waals surface area (Å²) in [7, 11) is 0. The van der Waals surface area contributed by atoms with Gasteiger partial charge >= 0.3 is 5.97 Å². The van der Waals surface area contributed by atoms with Crippen LogP contribution in [0.25, 0.3) is 0 Å². The van der Waals surface area contributed by atoms with Gasteiger partial charge < -0.3 is 29.2 Å². The zero-order chi connectivity index (χ0) is 25.5. The number of allylic oxidation sites excluding steroid dienone is 1. The Balaban J connectivity index is 1.25. The molecule has 0 amide bonds. The molecule has 8 aliphatic rings. The van der Waals surface area contributed by atoms with E-state index in [1.54, 1.807) is 13.0 Å². The Kier molecular flexibility index (Phi) is 3.65. The molecule has 0 aromatic carbocycles. The molecular formula is C28H36O8. The SMILES string of the molecule is CC1C(C2OC(=O)C3(C)OC23C)OC2(O)CC3C(CC4OC45CC=CC(=O)C35C)C3CCC1(O)C32C. The number of rotatable bonds is 1. The van der Waals surface area contributed by atoms with E-state index >= 15 is 0 Å². The third-order valence-electron chi connectivity index (χ3n) is 13.3. The van der Waals surface area contributed by atoms with Gasteiger partial charge in [-0.15, -0.1) is 0 Å². The standard InChI is InChI=1S/C28H36O8/c1-13-19(20-24(4)25(5,36-24)21(30)33-20)35-28(32)12-16-14(15-8-10-26(13,31)23(15,28)3)11-18-27(34-18)9-6-7-17(29)22(16,27)2/h6-7,13-16,18-20,31-32H,8-12H2,1-5H3. The minimum absolute atomic E-state index is 0.0171. The third kappa shape index (κ3) is 1.92. The predicted molar refractivity (Wildman–Crippen MR) is 123 cm³/mol. The lowest BCUT2D eigenvalue weighted by atomic mass is 9.42. The van der Waals surface area contributed by atoms with Crippen LogP contribution < -0.4 is 0 Å². The maximum atomic E-state index is 13.5. The van der Waals surface area contributed by atoms with Crippen LogP contribution in [0, 0.1) is 34.5 Å². The molecule has 3 saturated carbocycles. The van der Waals surface area contributed by atoms with Crippen molar-refractivity contribution in [2.24, 2.45) is 34.5 Å². The molecule has 8 heteroatoms. The highest BCUT2D eigenvalue weighted by atomic mass is 16.7. The van der Waals surface area contributed by atoms with Gasteiger partial charge in [-0.05, 0) is 70.3 Å². The van der Waals surface area contributed by atoms with Crippen molar-refractivity contribution in [2.45, 2.75) is 113 Å². The average Bonchev–Trinajstić information content (AvgIpc) is 3.61. The first-order valence-electron chi connectivity index (χ1n) is 13.7. The molecule has 8 rings (SSSR count). The molecule has 0 bridgehead atoms. The number of aliphatic hydroxyl groups is 2. The van der Waals surface area contributed by atoms with Gasteiger partial charge in [0.15, 0.2) is 23.3 Å². The van der Waals surface area contributed by atoms with E-state index < -0.39 is 57.2 Å². The molecule has 1 spiro atoms. The second kappa shape index (κ2) is 5.81. The quantitative estimate of drug-likeness (QED) is 0.415. The fraction of sp³-hybridized carbons (Fsp3) is 0.857. The average molecular weight is 501 g/mol. The molecule has 196 valence electrons. The molecule has 36 heavy (non-hydrogen) atoms. The Morgan fingerprint density at radius 3 is 2.47 bits per heavy atom. The first-order chi connectivity index (χ1) is 16.7. The molecule has 0 aromatic rings. The molecule has 8 nitrogen and oxygen atoms in total. The number of fused-ring (bicyclic) bond motifs is 4. The predicted octanol–water partition coefficient (Wildman–Crippen LogP) is 2.04. The van der Waals surface area contributed by atoms with Gasteiger partial charge in [-0.1, -0.05) is 19.9 Å². The second-order valence-corrected chi connectivity index (χ2v) is 13.9. The normalized spacial score (nSPS) is 67.7. The summed E-state index contributed by atoms with van der Waals surface area (Å²) >= 11 is 0. The largest absolute Gasteiger partial charge is 0.454 e. The summed E-state index contributed by atoms with van der Waals surface area (Å²) in [5, 5.41) is 25.0. The summed E-state index contributed by atoms with van der Waals surface area (Å²) in [6.07, 6.45) is 5.24. The maximum absolute atomic E-state index is 13.5. The van der Waals surface area contributed by atoms with Gasteiger partial charge in [0.2, 0.25) is 0 Å². The van der Waals surface area contributed by atoms with Crippen LogP contribution in [0.2, 0.25) is 0 Å². The Labute approximate surface area is 210 Å². The number of hydrogen-bond donors (Lipinski definition) is 2. The van der Waals surface area contributed by atoms with Crippen LogP contribution in [-0.4, -0.2) is 68.5 Å². The molecule has 14 unspecified atom stereocenters. The number of carbonyl (C=O) groups is 2. The lowest BCUT2D eigenvalue weighted by molar-refractivity contribution is -0.417. The van der Waals surface area contributed by atoms with Crippen molar-refractivity contribution in [3.63, 3.8) is 0 Å². The van der Waals surface area contributed by atoms with Crippen LogP contribution >= 0.6 is 0 Å². The molecular weight excluding hydrogens is 464 g/mol. The lowest BCUT2D eigenvalue weighted by Gasteiger charge is -2.68. The Bertz CT molecular complexity index is 1170. The van der Waals surface area contributed by atoms with Crippen molar-refractivity contribution in [2.75, 3.05) is 0 Å². The lowest BCUT2D eigenvalue weighted by Crippen LogP contribution is -2.77. The van der Waals surface area contributed by atoms with E-state index in [4.69, 9.17) is 18.9 Å². The first-order valence-corrected chi connectivity index (χ1v) is 13.7. The van der Waals surface area contributed by atoms with Crippen molar-refractivity contribution in [1.29, 1.82) is 0 Å². The number of ketones is 1. The Morgan fingerprint density at radius 1 is 1.06 bits per heavy atom. The van der Waals surface area contributed by atoms with Gasteiger partial charge in [-0.2, -0.15) is 0 Å². The number of carbonyl (C=O) groups excluding carboxylic acids is 2. The molecule has 4 aliphatic heterocycles. The molecule has 7 fully saturated rings. The number of epoxide rings is 2. The van der Waals surface area contributed by atoms with E-state index in [0.29, 0.717) is 12.8 Å². The van der Waals surface area contributed by atoms with Crippen molar-refractivity contribution < 1.29 is 38.7 Å². The van der Waals surface area contributed by atoms with Gasteiger partial charge in [0, 0.05) is 12.3 Å². The summed E-state index contributed by atoms with van der Waals surface area (Å²) in [6.45, 7) is 9.53. The fourth-order valence-electron chi connectivity index (χ4n) is 10.7. The summed E-state index contributed by atoms with van der Waals surface area (Å²) < 4.78 is 24.7. The minimum atomic E-state index is -1.69. The van der Waals surface area contributed by atoms with Gasteiger partial charge in [-0.3, -0.25) is 4.79 Å². The molecule has 2 N–H and O–H groups in total. The maximum Gasteiger partial charge on any atom is 0.341 e. The van der Waals surface area contributed by atoms with Gasteiger partial charge in [-0.25, -0.2) is 4.79 Å². The zero-order valence-corrected chi connectivity index (χ0v) is 21.6. The fourth-order valence-corrected chi connectivity index (χ4v) is 10.7. The molecule has 14 atom stereocenters. The molecule has 4 aliphatic carbocycles. The van der Waals surface area contributed by atoms with Crippen molar-refractivity contribution in [3.05, 3.63) is 12.2 Å². The van der Waals surface area contributed by atoms with E-state index in [2.05, 4.69) is 0 Å². The Morgan fingerprint density at radius 2 is 1.81 bits per heavy atom. The second-order valence-electron chi connectivity index (χ2n) is 13.9. The monoisotopic (exact) mass is 500 g/mol. The van der Waals surface area contributed by atoms with Crippen molar-refractivity contribution in [1.82, 2.24) is 0 Å². The molecule has 4 saturated heterocycles. The Hall–Kier alpha value is -1.32. The van der Waals surface area contributed by atoms with Crippen LogP contribution in [0.15, 0.2) is 12.2 Å². The number of ether oxygens (including phenoxy) is 4. The zero-order valence-electron chi connectivity index (χ0n) is 21.6. The number of hydrogen-bond acceptors (Lipinski definition) is 8. The summed E-state index contributed by atoms with van der Waals surface area (Å²) in [5.41, 5.74) is -5.28. The first kappa shape index (κ1) is 22.6. The van der Waals surface area contributed by atoms with E-state index in [1.807, 2.05) is 33.8 Å². The van der Waals surface area contributed by atoms with E-state index in [9.17, 15) is 19.8 Å². The highest BCUT2D eigenvalue weighted by Crippen LogP contribution is 2.77. The van der Waals surface area contributed by atoms with Crippen LogP contribution in [0.4, 0.5) is 0 Å². The van der Waals surface area contributed by atoms with Gasteiger partial charge in [0.05, 0.1) is 22.5 Å². The summed E-state index contributed by atoms with van der Waals surface area (Å²) in [4.78, 5) is 26.2. The number of esters is 1. The van der Waals surface area contributed by atoms with E-state index in [1.165, 1.54) is 0 Å². The minimum Gasteiger partial charge on any atom is -0.454 e. The number of cyclic esters (lactones) is 1. The summed E-state index contributed by atoms with van der Waals surface area (Å²) in [5.74, 6) is -2.45. The third-order valence-corrected chi connectivity index (χ3v) is 13.3. The van der Waals surface area contributed by atoms with Crippen molar-refractivity contribution >= 4 is 11.8 Å². The molecule has 0 radical (unpaired) electrons. The van der Waals surface area contributed by atoms with E-state index in [0.717, 1.165) is 12.8 Å². The van der Waals surface area contributed by atoms with Crippen LogP contribution in [0.5, 0.6) is 0 Å².